The van der Waals surface area contributed by atoms with Crippen molar-refractivity contribution in [2.24, 2.45) is 0 Å². The number of hydrogen-bond acceptors (Lipinski definition) is 7. The van der Waals surface area contributed by atoms with E-state index in [0.29, 0.717) is 10.9 Å². The first-order chi connectivity index (χ1) is 12.4. The van der Waals surface area contributed by atoms with Gasteiger partial charge in [0.25, 0.3) is 5.88 Å². The number of benzene rings is 1. The Morgan fingerprint density at radius 2 is 1.96 bits per heavy atom. The zero-order valence-corrected chi connectivity index (χ0v) is 14.3. The highest BCUT2D eigenvalue weighted by Gasteiger charge is 2.21. The third kappa shape index (κ3) is 4.01. The molecule has 0 amide bonds. The number of hydrogen-bond donors (Lipinski definition) is 2. The molecule has 3 aromatic rings. The predicted molar refractivity (Wildman–Crippen MR) is 96.1 cm³/mol. The molecule has 2 N–H and O–H groups in total. The summed E-state index contributed by atoms with van der Waals surface area (Å²) in [6, 6.07) is 11.5. The second-order valence-corrected chi connectivity index (χ2v) is 6.36. The molecule has 132 valence electrons. The van der Waals surface area contributed by atoms with Crippen LogP contribution in [0, 0.1) is 17.0 Å². The molecule has 0 bridgehead atoms. The van der Waals surface area contributed by atoms with Crippen molar-refractivity contribution in [3.63, 3.8) is 0 Å². The maximum atomic E-state index is 11.6. The van der Waals surface area contributed by atoms with Crippen molar-refractivity contribution >= 4 is 29.6 Å². The fraction of sp³-hybridized carbons (Fsp3) is 0.0588. The molecule has 26 heavy (non-hydrogen) atoms. The monoisotopic (exact) mass is 371 g/mol. The van der Waals surface area contributed by atoms with Crippen molar-refractivity contribution in [3.05, 3.63) is 74.0 Å². The van der Waals surface area contributed by atoms with Crippen molar-refractivity contribution in [1.82, 2.24) is 9.97 Å². The van der Waals surface area contributed by atoms with Gasteiger partial charge < -0.3 is 14.5 Å². The molecule has 0 fully saturated rings. The van der Waals surface area contributed by atoms with Gasteiger partial charge in [0.15, 0.2) is 5.09 Å². The first kappa shape index (κ1) is 17.5. The second kappa shape index (κ2) is 7.28. The second-order valence-electron chi connectivity index (χ2n) is 5.29. The molecule has 9 heteroatoms. The third-order valence-electron chi connectivity index (χ3n) is 3.32. The van der Waals surface area contributed by atoms with E-state index in [4.69, 9.17) is 4.42 Å². The number of aromatic nitrogens is 2. The summed E-state index contributed by atoms with van der Waals surface area (Å²) < 4.78 is 5.65. The van der Waals surface area contributed by atoms with E-state index >= 15 is 0 Å². The van der Waals surface area contributed by atoms with Gasteiger partial charge in [0.05, 0.1) is 4.92 Å². The lowest BCUT2D eigenvalue weighted by Gasteiger charge is -1.98. The molecule has 8 nitrogen and oxygen atoms in total. The summed E-state index contributed by atoms with van der Waals surface area (Å²) in [5.74, 6) is -0.462. The number of rotatable bonds is 5. The molecule has 1 aromatic carbocycles. The van der Waals surface area contributed by atoms with Crippen molar-refractivity contribution < 1.29 is 14.4 Å². The highest BCUT2D eigenvalue weighted by molar-refractivity contribution is 7.99. The smallest absolute Gasteiger partial charge is 0.395 e. The molecular formula is C17H13N3O5S. The van der Waals surface area contributed by atoms with Crippen LogP contribution in [0.5, 0.6) is 5.88 Å². The number of nitrogens with one attached hydrogen (secondary N) is 1. The van der Waals surface area contributed by atoms with Gasteiger partial charge in [-0.3, -0.25) is 14.9 Å². The van der Waals surface area contributed by atoms with Gasteiger partial charge in [-0.05, 0) is 43.3 Å². The summed E-state index contributed by atoms with van der Waals surface area (Å²) >= 11 is 1.46. The largest absolute Gasteiger partial charge is 0.488 e. The van der Waals surface area contributed by atoms with Crippen LogP contribution in [0.15, 0.2) is 55.6 Å². The van der Waals surface area contributed by atoms with E-state index in [0.717, 1.165) is 4.90 Å². The number of H-pyrrole nitrogens is 1. The van der Waals surface area contributed by atoms with Crippen LogP contribution in [0.4, 0.5) is 5.69 Å². The summed E-state index contributed by atoms with van der Waals surface area (Å²) in [5, 5.41) is 20.8. The molecule has 2 aromatic heterocycles. The Balaban J connectivity index is 1.75. The van der Waals surface area contributed by atoms with Gasteiger partial charge in [-0.1, -0.05) is 29.5 Å². The molecule has 0 aliphatic rings. The van der Waals surface area contributed by atoms with Gasteiger partial charge in [-0.25, -0.2) is 0 Å². The van der Waals surface area contributed by atoms with E-state index in [2.05, 4.69) is 9.97 Å². The maximum absolute atomic E-state index is 11.6. The molecule has 2 heterocycles. The summed E-state index contributed by atoms with van der Waals surface area (Å²) in [6.45, 7) is 2.01. The van der Waals surface area contributed by atoms with Crippen LogP contribution in [0.3, 0.4) is 0 Å². The van der Waals surface area contributed by atoms with Crippen molar-refractivity contribution in [2.75, 3.05) is 0 Å². The van der Waals surface area contributed by atoms with Gasteiger partial charge in [0, 0.05) is 4.90 Å². The van der Waals surface area contributed by atoms with Gasteiger partial charge in [-0.2, -0.15) is 4.98 Å². The lowest BCUT2D eigenvalue weighted by molar-refractivity contribution is -0.387. The van der Waals surface area contributed by atoms with Crippen LogP contribution < -0.4 is 5.56 Å². The predicted octanol–water partition coefficient (Wildman–Crippen LogP) is 3.61. The lowest BCUT2D eigenvalue weighted by atomic mass is 10.2. The normalized spacial score (nSPS) is 11.1. The number of aryl methyl sites for hydroxylation is 1. The highest BCUT2D eigenvalue weighted by atomic mass is 32.2. The Kier molecular flexibility index (Phi) is 4.90. The number of furan rings is 1. The number of aromatic amines is 1. The molecule has 0 spiro atoms. The molecule has 3 rings (SSSR count). The minimum atomic E-state index is -1.03. The van der Waals surface area contributed by atoms with Gasteiger partial charge in [-0.15, -0.1) is 0 Å². The lowest BCUT2D eigenvalue weighted by Crippen LogP contribution is -2.14. The summed E-state index contributed by atoms with van der Waals surface area (Å²) in [7, 11) is 0. The van der Waals surface area contributed by atoms with Crippen molar-refractivity contribution in [2.45, 2.75) is 16.9 Å². The fourth-order valence-corrected chi connectivity index (χ4v) is 2.86. The summed E-state index contributed by atoms with van der Waals surface area (Å²) in [4.78, 5) is 28.1. The van der Waals surface area contributed by atoms with Crippen LogP contribution in [0.2, 0.25) is 0 Å². The average molecular weight is 371 g/mol. The van der Waals surface area contributed by atoms with Gasteiger partial charge in [0.2, 0.25) is 0 Å². The van der Waals surface area contributed by atoms with Gasteiger partial charge >= 0.3 is 11.2 Å². The zero-order valence-electron chi connectivity index (χ0n) is 13.5. The van der Waals surface area contributed by atoms with Crippen molar-refractivity contribution in [3.8, 4) is 5.88 Å². The van der Waals surface area contributed by atoms with E-state index in [1.165, 1.54) is 29.5 Å². The minimum absolute atomic E-state index is 0.0257. The van der Waals surface area contributed by atoms with Crippen LogP contribution in [0.25, 0.3) is 12.2 Å². The molecule has 0 saturated heterocycles. The number of nitrogens with zero attached hydrogens (tertiary/aromatic N) is 2. The number of aromatic hydroxyl groups is 1. The molecular weight excluding hydrogens is 358 g/mol. The first-order valence-electron chi connectivity index (χ1n) is 7.42. The maximum Gasteiger partial charge on any atom is 0.395 e. The third-order valence-corrected chi connectivity index (χ3v) is 4.25. The summed E-state index contributed by atoms with van der Waals surface area (Å²) in [5.41, 5.74) is -0.848. The molecule has 0 unspecified atom stereocenters. The van der Waals surface area contributed by atoms with Crippen LogP contribution in [0.1, 0.15) is 17.1 Å². The Labute approximate surface area is 151 Å². The van der Waals surface area contributed by atoms with Crippen LogP contribution in [-0.2, 0) is 0 Å². The van der Waals surface area contributed by atoms with E-state index in [-0.39, 0.29) is 5.82 Å². The van der Waals surface area contributed by atoms with Crippen LogP contribution >= 0.6 is 11.8 Å². The summed E-state index contributed by atoms with van der Waals surface area (Å²) in [6.07, 6.45) is 2.91. The Bertz CT molecular complexity index is 1040. The Morgan fingerprint density at radius 1 is 1.23 bits per heavy atom. The Hall–Kier alpha value is -3.33. The molecule has 0 radical (unpaired) electrons. The molecule has 0 atom stereocenters. The van der Waals surface area contributed by atoms with E-state index in [1.807, 2.05) is 31.2 Å². The zero-order chi connectivity index (χ0) is 18.7. The van der Waals surface area contributed by atoms with Gasteiger partial charge in [0.1, 0.15) is 11.6 Å². The van der Waals surface area contributed by atoms with Crippen LogP contribution in [-0.4, -0.2) is 20.0 Å². The van der Waals surface area contributed by atoms with E-state index in [1.54, 1.807) is 12.1 Å². The molecule has 0 saturated carbocycles. The highest BCUT2D eigenvalue weighted by Crippen LogP contribution is 2.29. The molecule has 0 aliphatic heterocycles. The Morgan fingerprint density at radius 3 is 2.62 bits per heavy atom. The van der Waals surface area contributed by atoms with Crippen molar-refractivity contribution in [1.29, 1.82) is 0 Å². The minimum Gasteiger partial charge on any atom is -0.488 e. The SMILES string of the molecule is Cc1ccc(Sc2ccc(/C=C/c3nc(O)c([N+](=O)[O-])c(=O)[nH]3)o2)cc1. The van der Waals surface area contributed by atoms with E-state index < -0.39 is 22.0 Å². The quantitative estimate of drug-likeness (QED) is 0.519. The number of nitro groups is 1. The van der Waals surface area contributed by atoms with E-state index in [9.17, 15) is 20.0 Å². The standard InChI is InChI=1S/C17H13N3O5S/c1-10-2-6-12(7-3-10)26-14-9-5-11(25-14)4-8-13-18-16(21)15(20(23)24)17(22)19-13/h2-9H,1H3,(H2,18,19,21,22)/b8-4+. The topological polar surface area (TPSA) is 122 Å². The fourth-order valence-electron chi connectivity index (χ4n) is 2.08. The molecule has 0 aliphatic carbocycles. The average Bonchev–Trinajstić information content (AvgIpc) is 3.01. The first-order valence-corrected chi connectivity index (χ1v) is 8.24.